The average molecular weight is 327 g/mol. The van der Waals surface area contributed by atoms with Crippen molar-refractivity contribution >= 4 is 22.8 Å². The molecule has 2 heterocycles. The fourth-order valence-corrected chi connectivity index (χ4v) is 3.64. The summed E-state index contributed by atoms with van der Waals surface area (Å²) in [6.45, 7) is 3.27. The van der Waals surface area contributed by atoms with Gasteiger partial charge in [-0.1, -0.05) is 36.4 Å². The van der Waals surface area contributed by atoms with Crippen LogP contribution in [0, 0.1) is 0 Å². The normalized spacial score (nSPS) is 17.6. The first-order valence-corrected chi connectivity index (χ1v) is 9.06. The topological polar surface area (TPSA) is 33.5 Å². The number of carbonyl (C=O) groups excluding carboxylic acids is 1. The summed E-state index contributed by atoms with van der Waals surface area (Å²) < 4.78 is 0. The Kier molecular flexibility index (Phi) is 5.61. The van der Waals surface area contributed by atoms with E-state index in [2.05, 4.69) is 53.2 Å². The van der Waals surface area contributed by atoms with Crippen molar-refractivity contribution in [3.05, 3.63) is 64.4 Å². The summed E-state index contributed by atoms with van der Waals surface area (Å²) in [5.74, 6) is 0.160. The Bertz CT molecular complexity index is 649. The second-order valence-corrected chi connectivity index (χ2v) is 6.94. The molecule has 3 nitrogen and oxygen atoms in total. The average Bonchev–Trinajstić information content (AvgIpc) is 3.10. The summed E-state index contributed by atoms with van der Waals surface area (Å²) in [4.78, 5) is 14.7. The van der Waals surface area contributed by atoms with Crippen molar-refractivity contribution in [2.45, 2.75) is 12.8 Å². The number of thiophene rings is 1. The van der Waals surface area contributed by atoms with Crippen molar-refractivity contribution in [1.82, 2.24) is 5.32 Å². The summed E-state index contributed by atoms with van der Waals surface area (Å²) in [5, 5.41) is 5.11. The van der Waals surface area contributed by atoms with Crippen LogP contribution in [0.5, 0.6) is 0 Å². The highest BCUT2D eigenvalue weighted by atomic mass is 32.1. The third kappa shape index (κ3) is 4.78. The number of hydrogen-bond donors (Lipinski definition) is 2. The van der Waals surface area contributed by atoms with Crippen molar-refractivity contribution in [2.24, 2.45) is 0 Å². The second kappa shape index (κ2) is 8.09. The van der Waals surface area contributed by atoms with Crippen molar-refractivity contribution in [3.8, 4) is 0 Å². The van der Waals surface area contributed by atoms with E-state index in [4.69, 9.17) is 0 Å². The van der Waals surface area contributed by atoms with E-state index in [9.17, 15) is 4.79 Å². The molecule has 120 valence electrons. The van der Waals surface area contributed by atoms with Gasteiger partial charge in [0.1, 0.15) is 0 Å². The number of nitrogens with one attached hydrogen (secondary N) is 2. The van der Waals surface area contributed by atoms with Crippen molar-refractivity contribution in [2.75, 3.05) is 26.2 Å². The number of hydrogen-bond acceptors (Lipinski definition) is 2. The maximum absolute atomic E-state index is 12.0. The highest BCUT2D eigenvalue weighted by molar-refractivity contribution is 7.09. The Balaban J connectivity index is 1.41. The number of benzene rings is 1. The van der Waals surface area contributed by atoms with Crippen LogP contribution in [-0.4, -0.2) is 32.1 Å². The number of rotatable bonds is 6. The number of quaternary nitrogens is 1. The highest BCUT2D eigenvalue weighted by Crippen LogP contribution is 2.17. The van der Waals surface area contributed by atoms with Crippen LogP contribution in [0.15, 0.2) is 53.9 Å². The Hall–Kier alpha value is -1.91. The molecule has 0 aliphatic carbocycles. The second-order valence-electron chi connectivity index (χ2n) is 5.91. The van der Waals surface area contributed by atoms with Crippen LogP contribution in [-0.2, 0) is 11.2 Å². The Morgan fingerprint density at radius 3 is 2.74 bits per heavy atom. The van der Waals surface area contributed by atoms with Gasteiger partial charge in [0.15, 0.2) is 6.54 Å². The van der Waals surface area contributed by atoms with E-state index in [1.807, 2.05) is 6.07 Å². The van der Waals surface area contributed by atoms with Crippen molar-refractivity contribution < 1.29 is 9.69 Å². The monoisotopic (exact) mass is 327 g/mol. The molecule has 1 atom stereocenters. The molecule has 0 bridgehead atoms. The first kappa shape index (κ1) is 16.0. The zero-order valence-corrected chi connectivity index (χ0v) is 14.1. The van der Waals surface area contributed by atoms with Crippen LogP contribution in [0.3, 0.4) is 0 Å². The van der Waals surface area contributed by atoms with E-state index >= 15 is 0 Å². The van der Waals surface area contributed by atoms with Crippen molar-refractivity contribution in [3.63, 3.8) is 0 Å². The van der Waals surface area contributed by atoms with E-state index in [0.29, 0.717) is 6.54 Å². The van der Waals surface area contributed by atoms with Gasteiger partial charge in [-0.3, -0.25) is 4.79 Å². The van der Waals surface area contributed by atoms with Gasteiger partial charge in [-0.05, 0) is 35.1 Å². The zero-order chi connectivity index (χ0) is 15.9. The van der Waals surface area contributed by atoms with Gasteiger partial charge in [0.05, 0.1) is 13.1 Å². The third-order valence-corrected chi connectivity index (χ3v) is 5.15. The molecule has 3 rings (SSSR count). The largest absolute Gasteiger partial charge is 0.351 e. The molecule has 0 saturated carbocycles. The van der Waals surface area contributed by atoms with Crippen LogP contribution in [0.1, 0.15) is 16.9 Å². The maximum atomic E-state index is 12.0. The van der Waals surface area contributed by atoms with Gasteiger partial charge in [0.2, 0.25) is 0 Å². The molecular formula is C19H23N2OS+. The minimum atomic E-state index is 0.160. The Labute approximate surface area is 141 Å². The van der Waals surface area contributed by atoms with Gasteiger partial charge < -0.3 is 10.2 Å². The fraction of sp³-hybridized carbons (Fsp3) is 0.316. The smallest absolute Gasteiger partial charge is 0.275 e. The third-order valence-electron chi connectivity index (χ3n) is 4.21. The SMILES string of the molecule is O=C(C[NH+]1CC=C(c2ccccc2)CC1)NCCc1cccs1. The van der Waals surface area contributed by atoms with Gasteiger partial charge in [0.25, 0.3) is 5.91 Å². The van der Waals surface area contributed by atoms with Crippen LogP contribution in [0.2, 0.25) is 0 Å². The van der Waals surface area contributed by atoms with Crippen LogP contribution < -0.4 is 10.2 Å². The molecule has 4 heteroatoms. The standard InChI is InChI=1S/C19H22N2OS/c22-19(20-11-8-18-7-4-14-23-18)15-21-12-9-17(10-13-21)16-5-2-1-3-6-16/h1-7,9,14H,8,10-13,15H2,(H,20,22)/p+1. The van der Waals surface area contributed by atoms with E-state index in [-0.39, 0.29) is 5.91 Å². The summed E-state index contributed by atoms with van der Waals surface area (Å²) in [6, 6.07) is 14.7. The minimum Gasteiger partial charge on any atom is -0.351 e. The quantitative estimate of drug-likeness (QED) is 0.833. The molecule has 0 spiro atoms. The van der Waals surface area contributed by atoms with Crippen molar-refractivity contribution in [1.29, 1.82) is 0 Å². The van der Waals surface area contributed by atoms with Crippen LogP contribution in [0.4, 0.5) is 0 Å². The summed E-state index contributed by atoms with van der Waals surface area (Å²) in [6.07, 6.45) is 4.26. The van der Waals surface area contributed by atoms with E-state index < -0.39 is 0 Å². The predicted octanol–water partition coefficient (Wildman–Crippen LogP) is 1.78. The highest BCUT2D eigenvalue weighted by Gasteiger charge is 2.18. The van der Waals surface area contributed by atoms with Gasteiger partial charge in [-0.2, -0.15) is 0 Å². The predicted molar refractivity (Wildman–Crippen MR) is 95.6 cm³/mol. The van der Waals surface area contributed by atoms with E-state index in [0.717, 1.165) is 32.5 Å². The lowest BCUT2D eigenvalue weighted by Gasteiger charge is -2.23. The lowest BCUT2D eigenvalue weighted by molar-refractivity contribution is -0.886. The first-order chi connectivity index (χ1) is 11.3. The number of amides is 1. The maximum Gasteiger partial charge on any atom is 0.275 e. The van der Waals surface area contributed by atoms with E-state index in [1.54, 1.807) is 11.3 Å². The van der Waals surface area contributed by atoms with Gasteiger partial charge >= 0.3 is 0 Å². The van der Waals surface area contributed by atoms with Gasteiger partial charge in [0, 0.05) is 17.8 Å². The van der Waals surface area contributed by atoms with Gasteiger partial charge in [-0.15, -0.1) is 11.3 Å². The molecule has 0 fully saturated rings. The summed E-state index contributed by atoms with van der Waals surface area (Å²) in [7, 11) is 0. The lowest BCUT2D eigenvalue weighted by Crippen LogP contribution is -3.13. The fourth-order valence-electron chi connectivity index (χ4n) is 2.93. The number of carbonyl (C=O) groups is 1. The molecule has 1 amide bonds. The molecular weight excluding hydrogens is 304 g/mol. The molecule has 1 aliphatic heterocycles. The molecule has 0 saturated heterocycles. The molecule has 23 heavy (non-hydrogen) atoms. The zero-order valence-electron chi connectivity index (χ0n) is 13.3. The molecule has 1 aromatic heterocycles. The summed E-state index contributed by atoms with van der Waals surface area (Å²) in [5.41, 5.74) is 2.72. The first-order valence-electron chi connectivity index (χ1n) is 8.18. The van der Waals surface area contributed by atoms with E-state index in [1.165, 1.54) is 20.9 Å². The van der Waals surface area contributed by atoms with Crippen LogP contribution in [0.25, 0.3) is 5.57 Å². The van der Waals surface area contributed by atoms with Crippen LogP contribution >= 0.6 is 11.3 Å². The molecule has 1 aromatic carbocycles. The molecule has 2 aromatic rings. The molecule has 2 N–H and O–H groups in total. The lowest BCUT2D eigenvalue weighted by atomic mass is 10.00. The molecule has 1 aliphatic rings. The minimum absolute atomic E-state index is 0.160. The van der Waals surface area contributed by atoms with Gasteiger partial charge in [-0.25, -0.2) is 0 Å². The molecule has 1 unspecified atom stereocenters. The summed E-state index contributed by atoms with van der Waals surface area (Å²) >= 11 is 1.74. The Morgan fingerprint density at radius 1 is 1.17 bits per heavy atom. The Morgan fingerprint density at radius 2 is 2.04 bits per heavy atom. The molecule has 0 radical (unpaired) electrons.